The Bertz CT molecular complexity index is 835. The number of nitrogens with zero attached hydrogens (tertiary/aromatic N) is 1. The van der Waals surface area contributed by atoms with Crippen molar-refractivity contribution in [2.45, 2.75) is 46.1 Å². The molecule has 0 radical (unpaired) electrons. The molecule has 2 amide bonds. The van der Waals surface area contributed by atoms with E-state index in [1.165, 1.54) is 0 Å². The zero-order valence-corrected chi connectivity index (χ0v) is 17.0. The van der Waals surface area contributed by atoms with Crippen molar-refractivity contribution >= 4 is 27.3 Å². The molecule has 2 atom stereocenters. The molecule has 0 aromatic heterocycles. The molecule has 2 bridgehead atoms. The van der Waals surface area contributed by atoms with Gasteiger partial charge in [0.05, 0.1) is 0 Å². The second-order valence-electron chi connectivity index (χ2n) is 9.18. The largest absolute Gasteiger partial charge is 0.338 e. The van der Waals surface area contributed by atoms with Gasteiger partial charge in [-0.2, -0.15) is 0 Å². The van der Waals surface area contributed by atoms with Crippen LogP contribution in [0.4, 0.5) is 5.69 Å². The van der Waals surface area contributed by atoms with Crippen LogP contribution in [0.5, 0.6) is 0 Å². The average molecular weight is 393 g/mol. The first-order valence-corrected chi connectivity index (χ1v) is 11.1. The van der Waals surface area contributed by atoms with Gasteiger partial charge in [0.2, 0.25) is 11.8 Å². The van der Waals surface area contributed by atoms with E-state index in [1.54, 1.807) is 35.2 Å². The van der Waals surface area contributed by atoms with Crippen molar-refractivity contribution in [1.82, 2.24) is 4.90 Å². The number of anilines is 1. The Morgan fingerprint density at radius 1 is 1.11 bits per heavy atom. The van der Waals surface area contributed by atoms with Gasteiger partial charge in [-0.3, -0.25) is 9.59 Å². The lowest BCUT2D eigenvalue weighted by molar-refractivity contribution is -0.129. The van der Waals surface area contributed by atoms with E-state index in [-0.39, 0.29) is 22.8 Å². The molecule has 2 fully saturated rings. The van der Waals surface area contributed by atoms with E-state index in [4.69, 9.17) is 0 Å². The van der Waals surface area contributed by atoms with Gasteiger partial charge >= 0.3 is 0 Å². The van der Waals surface area contributed by atoms with Crippen LogP contribution in [0.15, 0.2) is 30.3 Å². The van der Waals surface area contributed by atoms with Crippen LogP contribution in [-0.4, -0.2) is 49.2 Å². The monoisotopic (exact) mass is 392 g/mol. The van der Waals surface area contributed by atoms with E-state index in [2.05, 4.69) is 26.1 Å². The molecule has 1 aromatic rings. The smallest absolute Gasteiger partial charge is 0.239 e. The van der Waals surface area contributed by atoms with Gasteiger partial charge in [-0.1, -0.05) is 39.0 Å². The average Bonchev–Trinajstić information content (AvgIpc) is 2.76. The summed E-state index contributed by atoms with van der Waals surface area (Å²) in [4.78, 5) is 26.5. The lowest BCUT2D eigenvalue weighted by atomic mass is 9.65. The number of carbonyl (C=O) groups excluding carboxylic acids is 2. The van der Waals surface area contributed by atoms with Crippen molar-refractivity contribution in [3.63, 3.8) is 0 Å². The minimum absolute atomic E-state index is 0.0521. The van der Waals surface area contributed by atoms with Crippen LogP contribution in [0.3, 0.4) is 0 Å². The summed E-state index contributed by atoms with van der Waals surface area (Å²) in [6, 6.07) is 8.77. The topological polar surface area (TPSA) is 83.6 Å². The molecule has 27 heavy (non-hydrogen) atoms. The fraction of sp³-hybridized carbons (Fsp3) is 0.600. The Kier molecular flexibility index (Phi) is 5.10. The first-order valence-electron chi connectivity index (χ1n) is 9.32. The molecule has 1 saturated carbocycles. The Hall–Kier alpha value is -1.89. The van der Waals surface area contributed by atoms with Crippen LogP contribution in [0, 0.1) is 10.8 Å². The number of rotatable bonds is 5. The van der Waals surface area contributed by atoms with Crippen molar-refractivity contribution in [3.05, 3.63) is 30.3 Å². The standard InChI is InChI=1S/C20H28N2O4S/c1-19(2)9-16-10-20(3,13-19)14-22(16)18(24)12-27(25,26)11-17(23)21-15-7-5-4-6-8-15/h4-8,16H,9-14H2,1-3H3,(H,21,23). The van der Waals surface area contributed by atoms with Crippen molar-refractivity contribution in [1.29, 1.82) is 0 Å². The fourth-order valence-corrected chi connectivity index (χ4v) is 6.11. The predicted molar refractivity (Wildman–Crippen MR) is 105 cm³/mol. The van der Waals surface area contributed by atoms with Gasteiger partial charge in [0.25, 0.3) is 0 Å². The molecule has 1 aliphatic carbocycles. The van der Waals surface area contributed by atoms with E-state index in [1.807, 2.05) is 0 Å². The Labute approximate surface area is 161 Å². The van der Waals surface area contributed by atoms with E-state index in [0.717, 1.165) is 19.3 Å². The molecule has 148 valence electrons. The van der Waals surface area contributed by atoms with E-state index >= 15 is 0 Å². The molecule has 2 aliphatic rings. The molecular weight excluding hydrogens is 364 g/mol. The molecule has 7 heteroatoms. The minimum atomic E-state index is -3.82. The summed E-state index contributed by atoms with van der Waals surface area (Å²) >= 11 is 0. The van der Waals surface area contributed by atoms with Crippen molar-refractivity contribution in [2.24, 2.45) is 10.8 Å². The van der Waals surface area contributed by atoms with Crippen LogP contribution in [0.2, 0.25) is 0 Å². The fourth-order valence-electron chi connectivity index (χ4n) is 4.99. The zero-order chi connectivity index (χ0) is 19.9. The molecule has 6 nitrogen and oxygen atoms in total. The van der Waals surface area contributed by atoms with Crippen LogP contribution >= 0.6 is 0 Å². The third-order valence-electron chi connectivity index (χ3n) is 5.49. The maximum absolute atomic E-state index is 12.7. The van der Waals surface area contributed by atoms with Gasteiger partial charge in [-0.05, 0) is 42.2 Å². The highest BCUT2D eigenvalue weighted by molar-refractivity contribution is 7.92. The van der Waals surface area contributed by atoms with E-state index < -0.39 is 27.3 Å². The number of nitrogens with one attached hydrogen (secondary N) is 1. The van der Waals surface area contributed by atoms with Crippen LogP contribution in [0.25, 0.3) is 0 Å². The number of sulfone groups is 1. The lowest BCUT2D eigenvalue weighted by Gasteiger charge is -2.39. The number of fused-ring (bicyclic) bond motifs is 2. The summed E-state index contributed by atoms with van der Waals surface area (Å²) in [7, 11) is -3.82. The molecule has 1 N–H and O–H groups in total. The minimum Gasteiger partial charge on any atom is -0.338 e. The third-order valence-corrected chi connectivity index (χ3v) is 6.88. The first kappa shape index (κ1) is 19.9. The number of carbonyl (C=O) groups is 2. The summed E-state index contributed by atoms with van der Waals surface area (Å²) in [5.74, 6) is -2.30. The highest BCUT2D eigenvalue weighted by Gasteiger charge is 2.51. The summed E-state index contributed by atoms with van der Waals surface area (Å²) < 4.78 is 24.8. The lowest BCUT2D eigenvalue weighted by Crippen LogP contribution is -2.41. The molecule has 0 spiro atoms. The number of para-hydroxylation sites is 1. The number of hydrogen-bond donors (Lipinski definition) is 1. The number of amides is 2. The first-order chi connectivity index (χ1) is 12.5. The predicted octanol–water partition coefficient (Wildman–Crippen LogP) is 2.47. The SMILES string of the molecule is CC1(C)CC2CC(C)(CN2C(=O)CS(=O)(=O)CC(=O)Nc2ccccc2)C1. The van der Waals surface area contributed by atoms with E-state index in [9.17, 15) is 18.0 Å². The summed E-state index contributed by atoms with van der Waals surface area (Å²) in [5, 5.41) is 2.55. The van der Waals surface area contributed by atoms with Crippen LogP contribution < -0.4 is 5.32 Å². The van der Waals surface area contributed by atoms with Crippen LogP contribution in [-0.2, 0) is 19.4 Å². The molecule has 1 saturated heterocycles. The van der Waals surface area contributed by atoms with Crippen molar-refractivity contribution < 1.29 is 18.0 Å². The molecular formula is C20H28N2O4S. The molecule has 1 aliphatic heterocycles. The van der Waals surface area contributed by atoms with Crippen molar-refractivity contribution in [2.75, 3.05) is 23.4 Å². The number of hydrogen-bond acceptors (Lipinski definition) is 4. The number of benzene rings is 1. The molecule has 3 rings (SSSR count). The highest BCUT2D eigenvalue weighted by atomic mass is 32.2. The third kappa shape index (κ3) is 4.89. The Morgan fingerprint density at radius 2 is 1.78 bits per heavy atom. The van der Waals surface area contributed by atoms with Gasteiger partial charge in [0.15, 0.2) is 9.84 Å². The van der Waals surface area contributed by atoms with Gasteiger partial charge in [0.1, 0.15) is 11.5 Å². The summed E-state index contributed by atoms with van der Waals surface area (Å²) in [6.45, 7) is 7.19. The molecule has 2 unspecified atom stereocenters. The Balaban J connectivity index is 1.61. The summed E-state index contributed by atoms with van der Waals surface area (Å²) in [5.41, 5.74) is 0.741. The Morgan fingerprint density at radius 3 is 2.44 bits per heavy atom. The van der Waals surface area contributed by atoms with Crippen LogP contribution in [0.1, 0.15) is 40.0 Å². The zero-order valence-electron chi connectivity index (χ0n) is 16.2. The summed E-state index contributed by atoms with van der Waals surface area (Å²) in [6.07, 6.45) is 2.85. The van der Waals surface area contributed by atoms with E-state index in [0.29, 0.717) is 12.2 Å². The quantitative estimate of drug-likeness (QED) is 0.834. The normalized spacial score (nSPS) is 26.6. The van der Waals surface area contributed by atoms with Gasteiger partial charge in [-0.25, -0.2) is 8.42 Å². The molecule has 1 heterocycles. The maximum atomic E-state index is 12.7. The second-order valence-corrected chi connectivity index (χ2v) is 11.2. The van der Waals surface area contributed by atoms with Crippen molar-refractivity contribution in [3.8, 4) is 0 Å². The second kappa shape index (κ2) is 6.93. The highest BCUT2D eigenvalue weighted by Crippen LogP contribution is 2.52. The number of likely N-dealkylation sites (tertiary alicyclic amines) is 1. The van der Waals surface area contributed by atoms with Gasteiger partial charge in [0, 0.05) is 18.3 Å². The van der Waals surface area contributed by atoms with Gasteiger partial charge < -0.3 is 10.2 Å². The van der Waals surface area contributed by atoms with Gasteiger partial charge in [-0.15, -0.1) is 0 Å². The maximum Gasteiger partial charge on any atom is 0.239 e. The molecule has 1 aromatic carbocycles.